The van der Waals surface area contributed by atoms with E-state index in [0.717, 1.165) is 11.1 Å². The Kier molecular flexibility index (Phi) is 2.56. The van der Waals surface area contributed by atoms with Crippen LogP contribution < -0.4 is 0 Å². The summed E-state index contributed by atoms with van der Waals surface area (Å²) in [6.07, 6.45) is 3.66. The zero-order valence-electron chi connectivity index (χ0n) is 10.4. The summed E-state index contributed by atoms with van der Waals surface area (Å²) in [6, 6.07) is 10.9. The van der Waals surface area contributed by atoms with Gasteiger partial charge in [-0.2, -0.15) is 0 Å². The van der Waals surface area contributed by atoms with E-state index in [0.29, 0.717) is 11.4 Å². The fraction of sp³-hybridized carbons (Fsp3) is 0.0667. The van der Waals surface area contributed by atoms with E-state index in [1.807, 2.05) is 35.7 Å². The number of carbonyl (C=O) groups is 1. The number of aromatic carboxylic acids is 1. The van der Waals surface area contributed by atoms with Gasteiger partial charge in [0.15, 0.2) is 0 Å². The molecular weight excluding hydrogens is 240 g/mol. The number of hydrogen-bond acceptors (Lipinski definition) is 2. The summed E-state index contributed by atoms with van der Waals surface area (Å²) >= 11 is 0. The molecular formula is C15H12N2O2. The van der Waals surface area contributed by atoms with E-state index in [1.54, 1.807) is 24.4 Å². The first-order chi connectivity index (χ1) is 9.16. The first-order valence-corrected chi connectivity index (χ1v) is 5.93. The quantitative estimate of drug-likeness (QED) is 0.762. The van der Waals surface area contributed by atoms with Crippen LogP contribution in [0.2, 0.25) is 0 Å². The van der Waals surface area contributed by atoms with Gasteiger partial charge >= 0.3 is 5.97 Å². The van der Waals surface area contributed by atoms with Gasteiger partial charge in [0.2, 0.25) is 0 Å². The Labute approximate surface area is 110 Å². The van der Waals surface area contributed by atoms with E-state index < -0.39 is 5.97 Å². The van der Waals surface area contributed by atoms with Gasteiger partial charge in [-0.05, 0) is 30.7 Å². The number of aromatic nitrogens is 2. The molecule has 4 nitrogen and oxygen atoms in total. The molecule has 0 fully saturated rings. The third-order valence-corrected chi connectivity index (χ3v) is 3.09. The molecule has 0 unspecified atom stereocenters. The van der Waals surface area contributed by atoms with Crippen LogP contribution in [0, 0.1) is 6.92 Å². The molecule has 1 aromatic carbocycles. The van der Waals surface area contributed by atoms with Crippen LogP contribution in [0.1, 0.15) is 15.9 Å². The summed E-state index contributed by atoms with van der Waals surface area (Å²) in [7, 11) is 0. The molecule has 0 saturated carbocycles. The Morgan fingerprint density at radius 1 is 1.26 bits per heavy atom. The van der Waals surface area contributed by atoms with Gasteiger partial charge in [-0.3, -0.25) is 4.40 Å². The first kappa shape index (κ1) is 11.5. The summed E-state index contributed by atoms with van der Waals surface area (Å²) in [6.45, 7) is 2.01. The van der Waals surface area contributed by atoms with Crippen molar-refractivity contribution in [3.8, 4) is 11.4 Å². The maximum absolute atomic E-state index is 11.3. The third kappa shape index (κ3) is 1.87. The zero-order valence-corrected chi connectivity index (χ0v) is 10.4. The van der Waals surface area contributed by atoms with Crippen LogP contribution in [0.3, 0.4) is 0 Å². The van der Waals surface area contributed by atoms with Gasteiger partial charge < -0.3 is 5.11 Å². The minimum atomic E-state index is -0.945. The average Bonchev–Trinajstić information content (AvgIpc) is 2.81. The molecule has 0 spiro atoms. The SMILES string of the molecule is Cc1ccn2c(-c3ccccc3C(=O)O)ncc2c1. The second-order valence-corrected chi connectivity index (χ2v) is 4.43. The lowest BCUT2D eigenvalue weighted by molar-refractivity contribution is 0.0697. The Balaban J connectivity index is 2.28. The number of carboxylic acids is 1. The molecule has 0 aliphatic heterocycles. The molecule has 0 aliphatic carbocycles. The summed E-state index contributed by atoms with van der Waals surface area (Å²) < 4.78 is 1.90. The van der Waals surface area contributed by atoms with Gasteiger partial charge in [-0.25, -0.2) is 9.78 Å². The minimum Gasteiger partial charge on any atom is -0.478 e. The minimum absolute atomic E-state index is 0.260. The predicted octanol–water partition coefficient (Wildman–Crippen LogP) is 3.01. The van der Waals surface area contributed by atoms with E-state index in [9.17, 15) is 9.90 Å². The Morgan fingerprint density at radius 2 is 2.05 bits per heavy atom. The van der Waals surface area contributed by atoms with Gasteiger partial charge in [-0.1, -0.05) is 18.2 Å². The predicted molar refractivity (Wildman–Crippen MR) is 72.3 cm³/mol. The molecule has 94 valence electrons. The van der Waals surface area contributed by atoms with Gasteiger partial charge in [0.05, 0.1) is 17.3 Å². The van der Waals surface area contributed by atoms with Crippen LogP contribution in [0.15, 0.2) is 48.8 Å². The summed E-state index contributed by atoms with van der Waals surface area (Å²) in [4.78, 5) is 15.6. The molecule has 1 N–H and O–H groups in total. The van der Waals surface area contributed by atoms with E-state index in [2.05, 4.69) is 4.98 Å². The number of nitrogens with zero attached hydrogens (tertiary/aromatic N) is 2. The molecule has 0 radical (unpaired) electrons. The van der Waals surface area contributed by atoms with Crippen molar-refractivity contribution in [1.82, 2.24) is 9.38 Å². The summed E-state index contributed by atoms with van der Waals surface area (Å²) in [5, 5.41) is 9.24. The van der Waals surface area contributed by atoms with Crippen molar-refractivity contribution in [2.75, 3.05) is 0 Å². The Bertz CT molecular complexity index is 775. The highest BCUT2D eigenvalue weighted by molar-refractivity contribution is 5.95. The molecule has 2 aromatic heterocycles. The molecule has 0 aliphatic rings. The van der Waals surface area contributed by atoms with Crippen LogP contribution in [-0.4, -0.2) is 20.5 Å². The topological polar surface area (TPSA) is 54.6 Å². The number of hydrogen-bond donors (Lipinski definition) is 1. The molecule has 0 saturated heterocycles. The van der Waals surface area contributed by atoms with Gasteiger partial charge in [0, 0.05) is 11.8 Å². The molecule has 3 aromatic rings. The van der Waals surface area contributed by atoms with Crippen molar-refractivity contribution in [3.63, 3.8) is 0 Å². The average molecular weight is 252 g/mol. The van der Waals surface area contributed by atoms with E-state index in [4.69, 9.17) is 0 Å². The first-order valence-electron chi connectivity index (χ1n) is 5.93. The van der Waals surface area contributed by atoms with E-state index in [-0.39, 0.29) is 5.56 Å². The number of rotatable bonds is 2. The molecule has 0 atom stereocenters. The van der Waals surface area contributed by atoms with Crippen molar-refractivity contribution in [2.45, 2.75) is 6.92 Å². The molecule has 0 bridgehead atoms. The lowest BCUT2D eigenvalue weighted by Crippen LogP contribution is -2.01. The monoisotopic (exact) mass is 252 g/mol. The second kappa shape index (κ2) is 4.24. The number of pyridine rings is 1. The number of imidazole rings is 1. The fourth-order valence-corrected chi connectivity index (χ4v) is 2.17. The maximum Gasteiger partial charge on any atom is 0.336 e. The molecule has 4 heteroatoms. The van der Waals surface area contributed by atoms with Crippen molar-refractivity contribution in [1.29, 1.82) is 0 Å². The number of aryl methyl sites for hydroxylation is 1. The summed E-state index contributed by atoms with van der Waals surface area (Å²) in [5.41, 5.74) is 2.98. The fourth-order valence-electron chi connectivity index (χ4n) is 2.17. The zero-order chi connectivity index (χ0) is 13.4. The maximum atomic E-state index is 11.3. The van der Waals surface area contributed by atoms with E-state index >= 15 is 0 Å². The van der Waals surface area contributed by atoms with Crippen LogP contribution in [0.25, 0.3) is 16.9 Å². The van der Waals surface area contributed by atoms with Crippen LogP contribution >= 0.6 is 0 Å². The van der Waals surface area contributed by atoms with Crippen molar-refractivity contribution >= 4 is 11.5 Å². The Hall–Kier alpha value is -2.62. The standard InChI is InChI=1S/C15H12N2O2/c1-10-6-7-17-11(8-10)9-16-14(17)12-4-2-3-5-13(12)15(18)19/h2-9H,1H3,(H,18,19). The third-order valence-electron chi connectivity index (χ3n) is 3.09. The smallest absolute Gasteiger partial charge is 0.336 e. The second-order valence-electron chi connectivity index (χ2n) is 4.43. The highest BCUT2D eigenvalue weighted by atomic mass is 16.4. The van der Waals surface area contributed by atoms with Crippen LogP contribution in [0.4, 0.5) is 0 Å². The number of carboxylic acid groups (broad SMARTS) is 1. The number of fused-ring (bicyclic) bond motifs is 1. The van der Waals surface area contributed by atoms with E-state index in [1.165, 1.54) is 0 Å². The van der Waals surface area contributed by atoms with Crippen molar-refractivity contribution in [3.05, 3.63) is 59.9 Å². The van der Waals surface area contributed by atoms with Crippen LogP contribution in [-0.2, 0) is 0 Å². The van der Waals surface area contributed by atoms with Crippen molar-refractivity contribution < 1.29 is 9.90 Å². The Morgan fingerprint density at radius 3 is 2.84 bits per heavy atom. The summed E-state index contributed by atoms with van der Waals surface area (Å²) in [5.74, 6) is -0.299. The van der Waals surface area contributed by atoms with Crippen molar-refractivity contribution in [2.24, 2.45) is 0 Å². The molecule has 2 heterocycles. The highest BCUT2D eigenvalue weighted by Gasteiger charge is 2.14. The molecule has 0 amide bonds. The van der Waals surface area contributed by atoms with Crippen LogP contribution in [0.5, 0.6) is 0 Å². The van der Waals surface area contributed by atoms with Gasteiger partial charge in [-0.15, -0.1) is 0 Å². The largest absolute Gasteiger partial charge is 0.478 e. The van der Waals surface area contributed by atoms with Gasteiger partial charge in [0.1, 0.15) is 5.82 Å². The lowest BCUT2D eigenvalue weighted by Gasteiger charge is -2.05. The number of benzene rings is 1. The van der Waals surface area contributed by atoms with Gasteiger partial charge in [0.25, 0.3) is 0 Å². The normalized spacial score (nSPS) is 10.8. The lowest BCUT2D eigenvalue weighted by atomic mass is 10.1. The molecule has 19 heavy (non-hydrogen) atoms. The highest BCUT2D eigenvalue weighted by Crippen LogP contribution is 2.24. The molecule has 3 rings (SSSR count).